The summed E-state index contributed by atoms with van der Waals surface area (Å²) < 4.78 is 11.1. The molecular weight excluding hydrogens is 226 g/mol. The molecule has 86 valence electrons. The maximum Gasteiger partial charge on any atom is 0.294 e. The third-order valence-corrected chi connectivity index (χ3v) is 3.80. The van der Waals surface area contributed by atoms with E-state index in [4.69, 9.17) is 21.1 Å². The van der Waals surface area contributed by atoms with Gasteiger partial charge in [-0.1, -0.05) is 0 Å². The number of fused-ring (bicyclic) bond motifs is 1. The summed E-state index contributed by atoms with van der Waals surface area (Å²) in [4.78, 5) is 14.9. The topological polar surface area (TPSA) is 70.8 Å². The highest BCUT2D eigenvalue weighted by molar-refractivity contribution is 6.18. The van der Waals surface area contributed by atoms with Crippen LogP contribution in [-0.4, -0.2) is 41.5 Å². The summed E-state index contributed by atoms with van der Waals surface area (Å²) in [6.07, 6.45) is -0.0568. The van der Waals surface area contributed by atoms with E-state index in [1.54, 1.807) is 6.92 Å². The molecule has 0 aromatic rings. The minimum absolute atomic E-state index is 0.143. The summed E-state index contributed by atoms with van der Waals surface area (Å²) >= 11 is 5.86. The van der Waals surface area contributed by atoms with E-state index in [1.165, 1.54) is 0 Å². The summed E-state index contributed by atoms with van der Waals surface area (Å²) in [7, 11) is 0. The van der Waals surface area contributed by atoms with Gasteiger partial charge < -0.3 is 14.3 Å². The molecule has 0 amide bonds. The molecule has 3 atom stereocenters. The van der Waals surface area contributed by atoms with Gasteiger partial charge in [-0.2, -0.15) is 0 Å². The number of nitrogens with zero attached hydrogens (tertiary/aromatic N) is 1. The van der Waals surface area contributed by atoms with Crippen molar-refractivity contribution >= 4 is 11.6 Å². The standard InChI is InChI=1S/C8H12ClNO5/c1-7-6(15-10(11)12)4-14-8(7,5-9)2-3-13-7/h6H,2-5H2,1H3/t6-,7+,8-/m1/s1. The van der Waals surface area contributed by atoms with Crippen LogP contribution in [-0.2, 0) is 14.3 Å². The number of halogens is 1. The molecule has 0 bridgehead atoms. The Kier molecular flexibility index (Phi) is 2.52. The van der Waals surface area contributed by atoms with Crippen molar-refractivity contribution in [1.82, 2.24) is 0 Å². The Morgan fingerprint density at radius 2 is 2.40 bits per heavy atom. The van der Waals surface area contributed by atoms with E-state index in [1.807, 2.05) is 0 Å². The largest absolute Gasteiger partial charge is 0.370 e. The van der Waals surface area contributed by atoms with E-state index in [0.717, 1.165) is 0 Å². The zero-order valence-corrected chi connectivity index (χ0v) is 9.03. The van der Waals surface area contributed by atoms with Gasteiger partial charge in [-0.25, -0.2) is 0 Å². The molecule has 2 rings (SSSR count). The zero-order valence-electron chi connectivity index (χ0n) is 8.27. The molecule has 0 spiro atoms. The van der Waals surface area contributed by atoms with Crippen LogP contribution in [0.15, 0.2) is 0 Å². The summed E-state index contributed by atoms with van der Waals surface area (Å²) in [6, 6.07) is 0. The smallest absolute Gasteiger partial charge is 0.294 e. The van der Waals surface area contributed by atoms with Gasteiger partial charge in [-0.3, -0.25) is 0 Å². The van der Waals surface area contributed by atoms with Gasteiger partial charge in [0.25, 0.3) is 5.09 Å². The van der Waals surface area contributed by atoms with E-state index < -0.39 is 22.4 Å². The van der Waals surface area contributed by atoms with Gasteiger partial charge in [-0.15, -0.1) is 21.7 Å². The number of alkyl halides is 1. The quantitative estimate of drug-likeness (QED) is 0.412. The average Bonchev–Trinajstić information content (AvgIpc) is 2.62. The molecule has 0 aliphatic carbocycles. The van der Waals surface area contributed by atoms with Crippen LogP contribution in [0.25, 0.3) is 0 Å². The first-order valence-corrected chi connectivity index (χ1v) is 5.22. The summed E-state index contributed by atoms with van der Waals surface area (Å²) in [5.74, 6) is 0.251. The van der Waals surface area contributed by atoms with Crippen molar-refractivity contribution in [2.45, 2.75) is 30.7 Å². The minimum Gasteiger partial charge on any atom is -0.370 e. The van der Waals surface area contributed by atoms with Crippen LogP contribution in [0.3, 0.4) is 0 Å². The van der Waals surface area contributed by atoms with Gasteiger partial charge >= 0.3 is 0 Å². The normalized spacial score (nSPS) is 44.0. The van der Waals surface area contributed by atoms with Crippen LogP contribution < -0.4 is 0 Å². The maximum atomic E-state index is 10.3. The van der Waals surface area contributed by atoms with Gasteiger partial charge in [0.1, 0.15) is 11.2 Å². The van der Waals surface area contributed by atoms with E-state index in [2.05, 4.69) is 4.84 Å². The van der Waals surface area contributed by atoms with Crippen LogP contribution in [0.4, 0.5) is 0 Å². The predicted octanol–water partition coefficient (Wildman–Crippen LogP) is 0.750. The Morgan fingerprint density at radius 3 is 3.00 bits per heavy atom. The molecule has 2 aliphatic rings. The van der Waals surface area contributed by atoms with Crippen LogP contribution in [0.1, 0.15) is 13.3 Å². The monoisotopic (exact) mass is 237 g/mol. The van der Waals surface area contributed by atoms with Gasteiger partial charge in [0, 0.05) is 6.42 Å². The van der Waals surface area contributed by atoms with Crippen LogP contribution in [0.2, 0.25) is 0 Å². The fourth-order valence-electron chi connectivity index (χ4n) is 2.28. The highest BCUT2D eigenvalue weighted by Crippen LogP contribution is 2.48. The van der Waals surface area contributed by atoms with Crippen molar-refractivity contribution in [3.8, 4) is 0 Å². The summed E-state index contributed by atoms with van der Waals surface area (Å²) in [5.41, 5.74) is -1.46. The Balaban J connectivity index is 2.22. The fraction of sp³-hybridized carbons (Fsp3) is 1.00. The number of ether oxygens (including phenoxy) is 2. The molecule has 0 aromatic carbocycles. The Bertz CT molecular complexity index is 288. The molecule has 0 aromatic heterocycles. The summed E-state index contributed by atoms with van der Waals surface area (Å²) in [6.45, 7) is 2.38. The summed E-state index contributed by atoms with van der Waals surface area (Å²) in [5, 5.41) is 9.50. The Hall–Kier alpha value is -0.590. The van der Waals surface area contributed by atoms with Crippen molar-refractivity contribution in [2.24, 2.45) is 0 Å². The SMILES string of the molecule is C[C@@]12OCC[C@]1(CCl)OC[C@H]2O[N+](=O)[O-]. The molecule has 0 unspecified atom stereocenters. The molecule has 2 fully saturated rings. The van der Waals surface area contributed by atoms with Gasteiger partial charge in [-0.05, 0) is 6.92 Å². The van der Waals surface area contributed by atoms with Gasteiger partial charge in [0.05, 0.1) is 19.1 Å². The first-order chi connectivity index (χ1) is 7.04. The lowest BCUT2D eigenvalue weighted by molar-refractivity contribution is -0.771. The molecule has 0 radical (unpaired) electrons. The minimum atomic E-state index is -0.818. The first-order valence-electron chi connectivity index (χ1n) is 4.69. The van der Waals surface area contributed by atoms with Gasteiger partial charge in [0.15, 0.2) is 6.10 Å². The van der Waals surface area contributed by atoms with Crippen molar-refractivity contribution in [3.63, 3.8) is 0 Å². The molecule has 6 nitrogen and oxygen atoms in total. The van der Waals surface area contributed by atoms with Crippen molar-refractivity contribution in [3.05, 3.63) is 10.1 Å². The third kappa shape index (κ3) is 1.39. The molecular formula is C8H12ClNO5. The third-order valence-electron chi connectivity index (χ3n) is 3.37. The molecule has 2 aliphatic heterocycles. The molecule has 7 heteroatoms. The van der Waals surface area contributed by atoms with E-state index in [-0.39, 0.29) is 12.5 Å². The van der Waals surface area contributed by atoms with Crippen LogP contribution >= 0.6 is 11.6 Å². The lowest BCUT2D eigenvalue weighted by Crippen LogP contribution is -2.53. The second-order valence-electron chi connectivity index (χ2n) is 3.96. The van der Waals surface area contributed by atoms with E-state index in [9.17, 15) is 10.1 Å². The highest BCUT2D eigenvalue weighted by atomic mass is 35.5. The molecule has 2 saturated heterocycles. The van der Waals surface area contributed by atoms with Crippen LogP contribution in [0, 0.1) is 10.1 Å². The number of rotatable bonds is 3. The Labute approximate surface area is 91.5 Å². The average molecular weight is 238 g/mol. The van der Waals surface area contributed by atoms with E-state index in [0.29, 0.717) is 13.0 Å². The van der Waals surface area contributed by atoms with E-state index >= 15 is 0 Å². The second-order valence-corrected chi connectivity index (χ2v) is 4.23. The maximum absolute atomic E-state index is 10.3. The molecule has 0 saturated carbocycles. The first kappa shape index (κ1) is 10.9. The number of hydrogen-bond acceptors (Lipinski definition) is 5. The molecule has 2 heterocycles. The zero-order chi connectivity index (χ0) is 11.1. The van der Waals surface area contributed by atoms with Crippen LogP contribution in [0.5, 0.6) is 0 Å². The second kappa shape index (κ2) is 3.47. The van der Waals surface area contributed by atoms with Crippen molar-refractivity contribution in [2.75, 3.05) is 19.1 Å². The molecule has 15 heavy (non-hydrogen) atoms. The fourth-order valence-corrected chi connectivity index (χ4v) is 2.75. The lowest BCUT2D eigenvalue weighted by atomic mass is 9.84. The number of hydrogen-bond donors (Lipinski definition) is 0. The van der Waals surface area contributed by atoms with Gasteiger partial charge in [0.2, 0.25) is 0 Å². The Morgan fingerprint density at radius 1 is 1.67 bits per heavy atom. The van der Waals surface area contributed by atoms with Crippen molar-refractivity contribution in [1.29, 1.82) is 0 Å². The van der Waals surface area contributed by atoms with Crippen molar-refractivity contribution < 1.29 is 19.4 Å². The highest BCUT2D eigenvalue weighted by Gasteiger charge is 2.64. The molecule has 0 N–H and O–H groups in total. The lowest BCUT2D eigenvalue weighted by Gasteiger charge is -2.34. The predicted molar refractivity (Wildman–Crippen MR) is 50.2 cm³/mol.